The Hall–Kier alpha value is -3.28. The maximum Gasteiger partial charge on any atom is 0.295 e. The van der Waals surface area contributed by atoms with Crippen LogP contribution in [-0.2, 0) is 9.59 Å². The summed E-state index contributed by atoms with van der Waals surface area (Å²) in [5.74, 6) is -0.270. The zero-order valence-electron chi connectivity index (χ0n) is 17.6. The molecule has 0 aliphatic carbocycles. The number of aliphatic hydroxyl groups excluding tert-OH is 1. The van der Waals surface area contributed by atoms with Gasteiger partial charge in [-0.2, -0.15) is 0 Å². The van der Waals surface area contributed by atoms with E-state index in [0.717, 1.165) is 12.8 Å². The normalized spacial score (nSPS) is 18.0. The summed E-state index contributed by atoms with van der Waals surface area (Å²) in [6, 6.07) is 13.4. The Bertz CT molecular complexity index is 948. The van der Waals surface area contributed by atoms with Gasteiger partial charge in [-0.15, -0.1) is 0 Å². The highest BCUT2D eigenvalue weighted by Crippen LogP contribution is 2.42. The van der Waals surface area contributed by atoms with E-state index in [1.165, 1.54) is 4.90 Å². The first-order valence-corrected chi connectivity index (χ1v) is 10.2. The fraction of sp³-hybridized carbons (Fsp3) is 0.333. The monoisotopic (exact) mass is 409 g/mol. The summed E-state index contributed by atoms with van der Waals surface area (Å²) < 4.78 is 10.9. The number of ketones is 1. The van der Waals surface area contributed by atoms with Crippen LogP contribution in [-0.4, -0.2) is 42.0 Å². The van der Waals surface area contributed by atoms with Crippen LogP contribution in [0.1, 0.15) is 43.9 Å². The van der Waals surface area contributed by atoms with Crippen molar-refractivity contribution in [2.45, 2.75) is 32.7 Å². The molecule has 0 bridgehead atoms. The smallest absolute Gasteiger partial charge is 0.295 e. The zero-order chi connectivity index (χ0) is 21.7. The van der Waals surface area contributed by atoms with Crippen molar-refractivity contribution in [3.63, 3.8) is 0 Å². The summed E-state index contributed by atoms with van der Waals surface area (Å²) in [7, 11) is 1.55. The number of nitrogens with zero attached hydrogens (tertiary/aromatic N) is 1. The van der Waals surface area contributed by atoms with Crippen LogP contribution in [0.4, 0.5) is 0 Å². The molecule has 1 unspecified atom stereocenters. The summed E-state index contributed by atoms with van der Waals surface area (Å²) in [6.45, 7) is 4.86. The maximum absolute atomic E-state index is 13.0. The Kier molecular flexibility index (Phi) is 6.77. The lowest BCUT2D eigenvalue weighted by Gasteiger charge is -2.26. The fourth-order valence-corrected chi connectivity index (χ4v) is 3.69. The standard InChI is InChI=1S/C24H27NO5/c1-4-6-15-25-21(18-9-7-8-10-19(18)29-3)20(23(27)24(25)28)22(26)16-11-13-17(14-12-16)30-5-2/h7-14,21,26H,4-6,15H2,1-3H3/b22-20-. The summed E-state index contributed by atoms with van der Waals surface area (Å²) >= 11 is 0. The first kappa shape index (κ1) is 21.4. The van der Waals surface area contributed by atoms with Crippen LogP contribution < -0.4 is 9.47 Å². The van der Waals surface area contributed by atoms with E-state index in [4.69, 9.17) is 9.47 Å². The third kappa shape index (κ3) is 4.03. The molecular formula is C24H27NO5. The molecule has 1 heterocycles. The molecule has 0 aromatic heterocycles. The number of carbonyl (C=O) groups excluding carboxylic acids is 2. The molecule has 30 heavy (non-hydrogen) atoms. The number of carbonyl (C=O) groups is 2. The average molecular weight is 409 g/mol. The number of unbranched alkanes of at least 4 members (excludes halogenated alkanes) is 1. The Labute approximate surface area is 176 Å². The lowest BCUT2D eigenvalue weighted by Crippen LogP contribution is -2.30. The lowest BCUT2D eigenvalue weighted by molar-refractivity contribution is -0.139. The number of rotatable bonds is 8. The van der Waals surface area contributed by atoms with Gasteiger partial charge >= 0.3 is 0 Å². The number of ether oxygens (including phenoxy) is 2. The minimum absolute atomic E-state index is 0.0739. The van der Waals surface area contributed by atoms with Crippen molar-refractivity contribution in [1.82, 2.24) is 4.90 Å². The molecule has 158 valence electrons. The van der Waals surface area contributed by atoms with Crippen LogP contribution in [0.25, 0.3) is 5.76 Å². The summed E-state index contributed by atoms with van der Waals surface area (Å²) in [6.07, 6.45) is 1.63. The SMILES string of the molecule is CCCCN1C(=O)C(=O)/C(=C(\O)c2ccc(OCC)cc2)C1c1ccccc1OC. The van der Waals surface area contributed by atoms with Crippen molar-refractivity contribution < 1.29 is 24.2 Å². The fourth-order valence-electron chi connectivity index (χ4n) is 3.69. The highest BCUT2D eigenvalue weighted by molar-refractivity contribution is 6.46. The van der Waals surface area contributed by atoms with Crippen molar-refractivity contribution in [2.24, 2.45) is 0 Å². The number of para-hydroxylation sites is 1. The van der Waals surface area contributed by atoms with E-state index in [1.54, 1.807) is 37.4 Å². The second kappa shape index (κ2) is 9.48. The van der Waals surface area contributed by atoms with E-state index >= 15 is 0 Å². The molecule has 0 radical (unpaired) electrons. The maximum atomic E-state index is 13.0. The van der Waals surface area contributed by atoms with Gasteiger partial charge in [0.1, 0.15) is 17.3 Å². The van der Waals surface area contributed by atoms with Crippen molar-refractivity contribution in [2.75, 3.05) is 20.3 Å². The van der Waals surface area contributed by atoms with E-state index in [1.807, 2.05) is 32.0 Å². The van der Waals surface area contributed by atoms with Gasteiger partial charge in [-0.1, -0.05) is 31.5 Å². The van der Waals surface area contributed by atoms with Crippen molar-refractivity contribution >= 4 is 17.4 Å². The second-order valence-electron chi connectivity index (χ2n) is 7.05. The Morgan fingerprint density at radius 2 is 1.77 bits per heavy atom. The number of benzene rings is 2. The van der Waals surface area contributed by atoms with Gasteiger partial charge in [0, 0.05) is 17.7 Å². The molecule has 2 aromatic carbocycles. The Balaban J connectivity index is 2.14. The molecule has 0 saturated carbocycles. The highest BCUT2D eigenvalue weighted by Gasteiger charge is 2.46. The summed E-state index contributed by atoms with van der Waals surface area (Å²) in [5.41, 5.74) is 1.19. The van der Waals surface area contributed by atoms with Gasteiger partial charge in [-0.3, -0.25) is 9.59 Å². The van der Waals surface area contributed by atoms with Crippen molar-refractivity contribution in [3.05, 3.63) is 65.2 Å². The Morgan fingerprint density at radius 3 is 2.40 bits per heavy atom. The van der Waals surface area contributed by atoms with Crippen LogP contribution in [0.3, 0.4) is 0 Å². The number of aliphatic hydroxyl groups is 1. The largest absolute Gasteiger partial charge is 0.507 e. The number of methoxy groups -OCH3 is 1. The predicted octanol–water partition coefficient (Wildman–Crippen LogP) is 4.32. The average Bonchev–Trinajstić information content (AvgIpc) is 3.02. The molecular weight excluding hydrogens is 382 g/mol. The summed E-state index contributed by atoms with van der Waals surface area (Å²) in [5, 5.41) is 11.1. The molecule has 1 N–H and O–H groups in total. The number of amides is 1. The molecule has 1 aliphatic rings. The molecule has 6 heteroatoms. The number of hydrogen-bond acceptors (Lipinski definition) is 5. The molecule has 1 aliphatic heterocycles. The molecule has 2 aromatic rings. The van der Waals surface area contributed by atoms with Gasteiger partial charge in [0.2, 0.25) is 0 Å². The van der Waals surface area contributed by atoms with Gasteiger partial charge in [0.15, 0.2) is 0 Å². The predicted molar refractivity (Wildman–Crippen MR) is 115 cm³/mol. The first-order chi connectivity index (χ1) is 14.5. The van der Waals surface area contributed by atoms with E-state index in [9.17, 15) is 14.7 Å². The van der Waals surface area contributed by atoms with E-state index in [2.05, 4.69) is 0 Å². The first-order valence-electron chi connectivity index (χ1n) is 10.2. The molecule has 1 amide bonds. The minimum Gasteiger partial charge on any atom is -0.507 e. The quantitative estimate of drug-likeness (QED) is 0.399. The third-order valence-corrected chi connectivity index (χ3v) is 5.16. The van der Waals surface area contributed by atoms with Crippen molar-refractivity contribution in [3.8, 4) is 11.5 Å². The number of likely N-dealkylation sites (tertiary alicyclic amines) is 1. The molecule has 6 nitrogen and oxygen atoms in total. The van der Waals surface area contributed by atoms with Gasteiger partial charge < -0.3 is 19.5 Å². The Morgan fingerprint density at radius 1 is 1.07 bits per heavy atom. The summed E-state index contributed by atoms with van der Waals surface area (Å²) in [4.78, 5) is 27.4. The second-order valence-corrected chi connectivity index (χ2v) is 7.05. The van der Waals surface area contributed by atoms with Crippen LogP contribution in [0.5, 0.6) is 11.5 Å². The minimum atomic E-state index is -0.709. The van der Waals surface area contributed by atoms with E-state index < -0.39 is 17.7 Å². The van der Waals surface area contributed by atoms with Crippen LogP contribution in [0, 0.1) is 0 Å². The van der Waals surface area contributed by atoms with Gasteiger partial charge in [0.05, 0.1) is 25.3 Å². The molecule has 1 atom stereocenters. The van der Waals surface area contributed by atoms with Gasteiger partial charge in [-0.25, -0.2) is 0 Å². The van der Waals surface area contributed by atoms with Crippen LogP contribution in [0.2, 0.25) is 0 Å². The molecule has 1 fully saturated rings. The third-order valence-electron chi connectivity index (χ3n) is 5.16. The van der Waals surface area contributed by atoms with Crippen LogP contribution >= 0.6 is 0 Å². The van der Waals surface area contributed by atoms with E-state index in [-0.39, 0.29) is 11.3 Å². The number of Topliss-reactive ketones (excluding diaryl/α,β-unsaturated/α-hetero) is 1. The van der Waals surface area contributed by atoms with Crippen molar-refractivity contribution in [1.29, 1.82) is 0 Å². The van der Waals surface area contributed by atoms with Gasteiger partial charge in [-0.05, 0) is 43.7 Å². The van der Waals surface area contributed by atoms with Crippen LogP contribution in [0.15, 0.2) is 54.1 Å². The van der Waals surface area contributed by atoms with E-state index in [0.29, 0.717) is 35.8 Å². The molecule has 0 spiro atoms. The topological polar surface area (TPSA) is 76.1 Å². The lowest BCUT2D eigenvalue weighted by atomic mass is 9.94. The molecule has 1 saturated heterocycles. The molecule has 3 rings (SSSR count). The number of hydrogen-bond donors (Lipinski definition) is 1. The highest BCUT2D eigenvalue weighted by atomic mass is 16.5. The van der Waals surface area contributed by atoms with Gasteiger partial charge in [0.25, 0.3) is 11.7 Å². The zero-order valence-corrected chi connectivity index (χ0v) is 17.6.